The van der Waals surface area contributed by atoms with Crippen molar-refractivity contribution in [2.24, 2.45) is 5.92 Å². The molecule has 0 radical (unpaired) electrons. The number of carbonyl (C=O) groups excluding carboxylic acids is 1. The Hall–Kier alpha value is -0.810. The summed E-state index contributed by atoms with van der Waals surface area (Å²) in [6, 6.07) is 0.161. The van der Waals surface area contributed by atoms with Crippen molar-refractivity contribution in [3.8, 4) is 0 Å². The number of rotatable bonds is 10. The van der Waals surface area contributed by atoms with Crippen LogP contribution in [0.15, 0.2) is 0 Å². The van der Waals surface area contributed by atoms with Crippen LogP contribution in [0.5, 0.6) is 0 Å². The molecule has 5 heteroatoms. The fourth-order valence-electron chi connectivity index (χ4n) is 3.02. The average Bonchev–Trinajstić information content (AvgIpc) is 2.49. The van der Waals surface area contributed by atoms with Crippen molar-refractivity contribution in [1.82, 2.24) is 15.5 Å². The van der Waals surface area contributed by atoms with E-state index in [4.69, 9.17) is 4.74 Å². The van der Waals surface area contributed by atoms with Gasteiger partial charge in [-0.3, -0.25) is 4.90 Å². The first-order valence-corrected chi connectivity index (χ1v) is 9.39. The van der Waals surface area contributed by atoms with Gasteiger partial charge in [-0.2, -0.15) is 0 Å². The van der Waals surface area contributed by atoms with Gasteiger partial charge in [0.2, 0.25) is 0 Å². The van der Waals surface area contributed by atoms with Crippen molar-refractivity contribution >= 4 is 6.03 Å². The lowest BCUT2D eigenvalue weighted by molar-refractivity contribution is -0.0290. The second-order valence-corrected chi connectivity index (χ2v) is 7.25. The third-order valence-corrected chi connectivity index (χ3v) is 4.20. The van der Waals surface area contributed by atoms with E-state index < -0.39 is 0 Å². The Balaban J connectivity index is 2.14. The molecule has 2 amide bonds. The Labute approximate surface area is 142 Å². The topological polar surface area (TPSA) is 53.6 Å². The number of amides is 2. The van der Waals surface area contributed by atoms with Crippen LogP contribution in [0, 0.1) is 5.92 Å². The fourth-order valence-corrected chi connectivity index (χ4v) is 3.02. The highest BCUT2D eigenvalue weighted by atomic mass is 16.5. The van der Waals surface area contributed by atoms with Crippen LogP contribution in [-0.4, -0.2) is 55.9 Å². The zero-order chi connectivity index (χ0) is 17.1. The summed E-state index contributed by atoms with van der Waals surface area (Å²) in [6.45, 7) is 13.1. The van der Waals surface area contributed by atoms with Gasteiger partial charge < -0.3 is 15.4 Å². The Bertz CT molecular complexity index is 323. The third-order valence-electron chi connectivity index (χ3n) is 4.20. The van der Waals surface area contributed by atoms with Crippen molar-refractivity contribution in [1.29, 1.82) is 0 Å². The smallest absolute Gasteiger partial charge is 0.315 e. The molecule has 0 aromatic heterocycles. The first-order chi connectivity index (χ1) is 11.0. The molecule has 2 atom stereocenters. The van der Waals surface area contributed by atoms with Gasteiger partial charge in [0.1, 0.15) is 0 Å². The highest BCUT2D eigenvalue weighted by Crippen LogP contribution is 2.08. The quantitative estimate of drug-likeness (QED) is 0.607. The highest BCUT2D eigenvalue weighted by molar-refractivity contribution is 5.74. The molecule has 0 aromatic carbocycles. The van der Waals surface area contributed by atoms with Crippen LogP contribution in [0.4, 0.5) is 4.79 Å². The molecule has 2 unspecified atom stereocenters. The lowest BCUT2D eigenvalue weighted by Crippen LogP contribution is -2.50. The molecule has 23 heavy (non-hydrogen) atoms. The number of hydrogen-bond donors (Lipinski definition) is 2. The number of carbonyl (C=O) groups is 1. The summed E-state index contributed by atoms with van der Waals surface area (Å²) >= 11 is 0. The summed E-state index contributed by atoms with van der Waals surface area (Å²) in [6.07, 6.45) is 6.13. The van der Waals surface area contributed by atoms with E-state index in [1.807, 2.05) is 0 Å². The molecule has 1 heterocycles. The Morgan fingerprint density at radius 2 is 2.04 bits per heavy atom. The van der Waals surface area contributed by atoms with E-state index in [-0.39, 0.29) is 18.2 Å². The molecule has 2 N–H and O–H groups in total. The molecular formula is C18H37N3O2. The largest absolute Gasteiger partial charge is 0.374 e. The molecule has 0 aliphatic carbocycles. The Morgan fingerprint density at radius 1 is 1.26 bits per heavy atom. The second-order valence-electron chi connectivity index (χ2n) is 7.25. The zero-order valence-electron chi connectivity index (χ0n) is 15.6. The number of morpholine rings is 1. The minimum Gasteiger partial charge on any atom is -0.374 e. The van der Waals surface area contributed by atoms with Crippen molar-refractivity contribution < 1.29 is 9.53 Å². The maximum Gasteiger partial charge on any atom is 0.315 e. The standard InChI is InChI=1S/C18H37N3O2/c1-5-6-7-8-9-16(4)20-18(22)19-12-17-14-21(10-11-23-17)13-15(2)3/h15-17H,5-14H2,1-4H3,(H2,19,20,22). The molecule has 5 nitrogen and oxygen atoms in total. The lowest BCUT2D eigenvalue weighted by atomic mass is 10.1. The molecule has 1 saturated heterocycles. The van der Waals surface area contributed by atoms with Gasteiger partial charge in [0, 0.05) is 32.2 Å². The Kier molecular flexibility index (Phi) is 10.3. The maximum absolute atomic E-state index is 12.0. The van der Waals surface area contributed by atoms with Crippen LogP contribution < -0.4 is 10.6 Å². The van der Waals surface area contributed by atoms with Crippen LogP contribution in [0.2, 0.25) is 0 Å². The zero-order valence-corrected chi connectivity index (χ0v) is 15.6. The van der Waals surface area contributed by atoms with E-state index in [2.05, 4.69) is 43.2 Å². The average molecular weight is 328 g/mol. The molecule has 0 saturated carbocycles. The summed E-state index contributed by atoms with van der Waals surface area (Å²) in [5, 5.41) is 5.98. The van der Waals surface area contributed by atoms with Crippen molar-refractivity contribution in [3.05, 3.63) is 0 Å². The lowest BCUT2D eigenvalue weighted by Gasteiger charge is -2.34. The van der Waals surface area contributed by atoms with Crippen LogP contribution in [0.1, 0.15) is 59.8 Å². The van der Waals surface area contributed by atoms with Gasteiger partial charge in [-0.05, 0) is 19.3 Å². The van der Waals surface area contributed by atoms with Gasteiger partial charge in [-0.15, -0.1) is 0 Å². The summed E-state index contributed by atoms with van der Waals surface area (Å²) in [5.74, 6) is 0.665. The molecule has 1 aliphatic rings. The van der Waals surface area contributed by atoms with E-state index in [0.717, 1.165) is 32.7 Å². The molecule has 0 bridgehead atoms. The van der Waals surface area contributed by atoms with Crippen molar-refractivity contribution in [2.45, 2.75) is 71.9 Å². The fraction of sp³-hybridized carbons (Fsp3) is 0.944. The van der Waals surface area contributed by atoms with Crippen LogP contribution in [-0.2, 0) is 4.74 Å². The first-order valence-electron chi connectivity index (χ1n) is 9.39. The van der Waals surface area contributed by atoms with Gasteiger partial charge in [0.15, 0.2) is 0 Å². The molecule has 1 aliphatic heterocycles. The van der Waals surface area contributed by atoms with E-state index in [0.29, 0.717) is 12.5 Å². The summed E-state index contributed by atoms with van der Waals surface area (Å²) in [5.41, 5.74) is 0. The van der Waals surface area contributed by atoms with E-state index in [9.17, 15) is 4.79 Å². The molecule has 0 spiro atoms. The van der Waals surface area contributed by atoms with Gasteiger partial charge in [-0.25, -0.2) is 4.79 Å². The molecule has 0 aromatic rings. The van der Waals surface area contributed by atoms with Gasteiger partial charge in [0.05, 0.1) is 12.7 Å². The molecule has 1 fully saturated rings. The number of nitrogens with one attached hydrogen (secondary N) is 2. The molecule has 1 rings (SSSR count). The number of ether oxygens (including phenoxy) is 1. The van der Waals surface area contributed by atoms with Crippen LogP contribution >= 0.6 is 0 Å². The minimum absolute atomic E-state index is 0.0717. The second kappa shape index (κ2) is 11.7. The van der Waals surface area contributed by atoms with Crippen LogP contribution in [0.3, 0.4) is 0 Å². The number of hydrogen-bond acceptors (Lipinski definition) is 3. The van der Waals surface area contributed by atoms with Crippen LogP contribution in [0.25, 0.3) is 0 Å². The number of urea groups is 1. The van der Waals surface area contributed by atoms with Gasteiger partial charge in [-0.1, -0.05) is 46.5 Å². The highest BCUT2D eigenvalue weighted by Gasteiger charge is 2.21. The molecular weight excluding hydrogens is 290 g/mol. The third kappa shape index (κ3) is 9.82. The summed E-state index contributed by atoms with van der Waals surface area (Å²) in [4.78, 5) is 14.4. The van der Waals surface area contributed by atoms with E-state index >= 15 is 0 Å². The monoisotopic (exact) mass is 327 g/mol. The number of unbranched alkanes of at least 4 members (excludes halogenated alkanes) is 3. The number of nitrogens with zero attached hydrogens (tertiary/aromatic N) is 1. The van der Waals surface area contributed by atoms with Crippen molar-refractivity contribution in [2.75, 3.05) is 32.8 Å². The van der Waals surface area contributed by atoms with Gasteiger partial charge >= 0.3 is 6.03 Å². The Morgan fingerprint density at radius 3 is 2.74 bits per heavy atom. The van der Waals surface area contributed by atoms with Crippen molar-refractivity contribution in [3.63, 3.8) is 0 Å². The maximum atomic E-state index is 12.0. The SMILES string of the molecule is CCCCCCC(C)NC(=O)NCC1CN(CC(C)C)CCO1. The van der Waals surface area contributed by atoms with E-state index in [1.165, 1.54) is 25.7 Å². The predicted octanol–water partition coefficient (Wildman–Crippen LogP) is 3.00. The first kappa shape index (κ1) is 20.2. The minimum atomic E-state index is -0.0717. The normalized spacial score (nSPS) is 20.5. The predicted molar refractivity (Wildman–Crippen MR) is 95.8 cm³/mol. The molecule has 136 valence electrons. The summed E-state index contributed by atoms with van der Waals surface area (Å²) in [7, 11) is 0. The summed E-state index contributed by atoms with van der Waals surface area (Å²) < 4.78 is 5.75. The van der Waals surface area contributed by atoms with Gasteiger partial charge in [0.25, 0.3) is 0 Å². The van der Waals surface area contributed by atoms with E-state index in [1.54, 1.807) is 0 Å².